The molecule has 0 bridgehead atoms. The number of aliphatic hydroxyl groups is 1. The van der Waals surface area contributed by atoms with Gasteiger partial charge in [-0.2, -0.15) is 4.98 Å². The van der Waals surface area contributed by atoms with E-state index in [0.717, 1.165) is 25.1 Å². The van der Waals surface area contributed by atoms with Crippen molar-refractivity contribution in [2.75, 3.05) is 6.61 Å². The third-order valence-electron chi connectivity index (χ3n) is 4.20. The van der Waals surface area contributed by atoms with Gasteiger partial charge in [-0.05, 0) is 30.6 Å². The van der Waals surface area contributed by atoms with Crippen LogP contribution in [0.2, 0.25) is 0 Å². The molecule has 2 unspecified atom stereocenters. The fourth-order valence-corrected chi connectivity index (χ4v) is 3.82. The van der Waals surface area contributed by atoms with Gasteiger partial charge in [-0.1, -0.05) is 32.9 Å². The van der Waals surface area contributed by atoms with Crippen LogP contribution in [0.15, 0.2) is 4.52 Å². The predicted octanol–water partition coefficient (Wildman–Crippen LogP) is 2.30. The largest absolute Gasteiger partial charge is 0.394 e. The summed E-state index contributed by atoms with van der Waals surface area (Å²) in [5.74, 6) is 1.94. The van der Waals surface area contributed by atoms with E-state index in [4.69, 9.17) is 4.52 Å². The molecule has 0 amide bonds. The Hall–Kier alpha value is -0.940. The van der Waals surface area contributed by atoms with Crippen molar-refractivity contribution in [3.8, 4) is 0 Å². The van der Waals surface area contributed by atoms with Crippen LogP contribution in [0.3, 0.4) is 0 Å². The molecule has 20 heavy (non-hydrogen) atoms. The Morgan fingerprint density at radius 1 is 1.40 bits per heavy atom. The van der Waals surface area contributed by atoms with Crippen LogP contribution in [0.5, 0.6) is 0 Å². The van der Waals surface area contributed by atoms with Gasteiger partial charge >= 0.3 is 0 Å². The molecule has 114 valence electrons. The van der Waals surface area contributed by atoms with Gasteiger partial charge in [0.2, 0.25) is 5.89 Å². The van der Waals surface area contributed by atoms with E-state index in [9.17, 15) is 5.11 Å². The minimum Gasteiger partial charge on any atom is -0.394 e. The van der Waals surface area contributed by atoms with Gasteiger partial charge < -0.3 is 14.9 Å². The van der Waals surface area contributed by atoms with Crippen LogP contribution in [0.25, 0.3) is 0 Å². The highest BCUT2D eigenvalue weighted by Crippen LogP contribution is 2.43. The summed E-state index contributed by atoms with van der Waals surface area (Å²) >= 11 is 0. The van der Waals surface area contributed by atoms with Crippen molar-refractivity contribution in [3.05, 3.63) is 11.7 Å². The van der Waals surface area contributed by atoms with E-state index in [1.54, 1.807) is 0 Å². The molecule has 1 fully saturated rings. The van der Waals surface area contributed by atoms with Gasteiger partial charge in [-0.25, -0.2) is 0 Å². The van der Waals surface area contributed by atoms with Crippen LogP contribution in [0.1, 0.15) is 58.7 Å². The average Bonchev–Trinajstić information content (AvgIpc) is 2.82. The second-order valence-corrected chi connectivity index (χ2v) is 7.10. The van der Waals surface area contributed by atoms with Gasteiger partial charge in [0.05, 0.1) is 13.2 Å². The zero-order valence-electron chi connectivity index (χ0n) is 13.1. The molecule has 0 radical (unpaired) electrons. The number of aliphatic hydroxyl groups excluding tert-OH is 1. The minimum absolute atomic E-state index is 0.148. The Labute approximate surface area is 121 Å². The molecule has 1 aliphatic carbocycles. The van der Waals surface area contributed by atoms with Crippen molar-refractivity contribution in [2.24, 2.45) is 11.3 Å². The lowest BCUT2D eigenvalue weighted by Crippen LogP contribution is -2.54. The number of hydrogen-bond donors (Lipinski definition) is 2. The standard InChI is InChI=1S/C15H27N3O2/c1-5-12-17-13(20-18-12)8-16-15(10-19)7-11(2)6-14(3,4)9-15/h11,16,19H,5-10H2,1-4H3. The fraction of sp³-hybridized carbons (Fsp3) is 0.867. The highest BCUT2D eigenvalue weighted by atomic mass is 16.5. The number of nitrogens with zero attached hydrogens (tertiary/aromatic N) is 2. The third kappa shape index (κ3) is 3.58. The Morgan fingerprint density at radius 3 is 2.70 bits per heavy atom. The zero-order chi connectivity index (χ0) is 14.8. The van der Waals surface area contributed by atoms with E-state index in [2.05, 4.69) is 36.2 Å². The number of hydrogen-bond acceptors (Lipinski definition) is 5. The molecule has 0 spiro atoms. The van der Waals surface area contributed by atoms with Gasteiger partial charge in [0.1, 0.15) is 0 Å². The summed E-state index contributed by atoms with van der Waals surface area (Å²) in [4.78, 5) is 4.31. The Kier molecular flexibility index (Phi) is 4.49. The van der Waals surface area contributed by atoms with Gasteiger partial charge in [-0.3, -0.25) is 0 Å². The number of rotatable bonds is 5. The third-order valence-corrected chi connectivity index (χ3v) is 4.20. The lowest BCUT2D eigenvalue weighted by atomic mass is 9.64. The van der Waals surface area contributed by atoms with E-state index in [1.807, 2.05) is 6.92 Å². The van der Waals surface area contributed by atoms with E-state index in [1.165, 1.54) is 6.42 Å². The first-order chi connectivity index (χ1) is 9.38. The second-order valence-electron chi connectivity index (χ2n) is 7.10. The van der Waals surface area contributed by atoms with Gasteiger partial charge in [0, 0.05) is 12.0 Å². The Bertz CT molecular complexity index is 444. The van der Waals surface area contributed by atoms with Crippen molar-refractivity contribution >= 4 is 0 Å². The molecule has 1 aromatic rings. The zero-order valence-corrected chi connectivity index (χ0v) is 13.1. The van der Waals surface area contributed by atoms with E-state index < -0.39 is 0 Å². The molecule has 0 aromatic carbocycles. The Balaban J connectivity index is 2.03. The summed E-state index contributed by atoms with van der Waals surface area (Å²) in [6.07, 6.45) is 3.94. The SMILES string of the molecule is CCc1noc(CNC2(CO)CC(C)CC(C)(C)C2)n1. The van der Waals surface area contributed by atoms with Crippen LogP contribution in [0, 0.1) is 11.3 Å². The van der Waals surface area contributed by atoms with E-state index >= 15 is 0 Å². The van der Waals surface area contributed by atoms with Gasteiger partial charge in [0.25, 0.3) is 0 Å². The summed E-state index contributed by atoms with van der Waals surface area (Å²) in [6.45, 7) is 9.48. The van der Waals surface area contributed by atoms with Crippen molar-refractivity contribution in [3.63, 3.8) is 0 Å². The molecule has 5 nitrogen and oxygen atoms in total. The number of aromatic nitrogens is 2. The molecule has 1 heterocycles. The van der Waals surface area contributed by atoms with Crippen LogP contribution in [-0.4, -0.2) is 27.4 Å². The first-order valence-electron chi connectivity index (χ1n) is 7.55. The predicted molar refractivity (Wildman–Crippen MR) is 77.1 cm³/mol. The topological polar surface area (TPSA) is 71.2 Å². The molecule has 2 rings (SSSR count). The summed E-state index contributed by atoms with van der Waals surface area (Å²) in [5, 5.41) is 17.3. The van der Waals surface area contributed by atoms with Crippen LogP contribution >= 0.6 is 0 Å². The maximum Gasteiger partial charge on any atom is 0.240 e. The van der Waals surface area contributed by atoms with Crippen molar-refractivity contribution in [2.45, 2.75) is 65.5 Å². The van der Waals surface area contributed by atoms with Crippen molar-refractivity contribution in [1.29, 1.82) is 0 Å². The molecule has 2 atom stereocenters. The molecule has 1 saturated carbocycles. The quantitative estimate of drug-likeness (QED) is 0.866. The maximum absolute atomic E-state index is 9.89. The number of aryl methyl sites for hydroxylation is 1. The van der Waals surface area contributed by atoms with Crippen molar-refractivity contribution < 1.29 is 9.63 Å². The van der Waals surface area contributed by atoms with Gasteiger partial charge in [-0.15, -0.1) is 0 Å². The highest BCUT2D eigenvalue weighted by molar-refractivity contribution is 4.99. The summed E-state index contributed by atoms with van der Waals surface area (Å²) in [7, 11) is 0. The first kappa shape index (κ1) is 15.4. The molecule has 5 heteroatoms. The Morgan fingerprint density at radius 2 is 2.15 bits per heavy atom. The van der Waals surface area contributed by atoms with E-state index in [0.29, 0.717) is 18.4 Å². The van der Waals surface area contributed by atoms with Crippen LogP contribution < -0.4 is 5.32 Å². The van der Waals surface area contributed by atoms with Crippen LogP contribution in [0.4, 0.5) is 0 Å². The van der Waals surface area contributed by atoms with Gasteiger partial charge in [0.15, 0.2) is 5.82 Å². The number of nitrogens with one attached hydrogen (secondary N) is 1. The molecular weight excluding hydrogens is 254 g/mol. The first-order valence-corrected chi connectivity index (χ1v) is 7.55. The fourth-order valence-electron chi connectivity index (χ4n) is 3.82. The highest BCUT2D eigenvalue weighted by Gasteiger charge is 2.42. The minimum atomic E-state index is -0.234. The maximum atomic E-state index is 9.89. The van der Waals surface area contributed by atoms with Crippen LogP contribution in [-0.2, 0) is 13.0 Å². The molecular formula is C15H27N3O2. The lowest BCUT2D eigenvalue weighted by molar-refractivity contribution is 0.0335. The molecule has 0 aliphatic heterocycles. The summed E-state index contributed by atoms with van der Waals surface area (Å²) < 4.78 is 5.21. The summed E-state index contributed by atoms with van der Waals surface area (Å²) in [5.41, 5.74) is 0.0127. The second kappa shape index (κ2) is 5.82. The van der Waals surface area contributed by atoms with Crippen molar-refractivity contribution in [1.82, 2.24) is 15.5 Å². The molecule has 1 aromatic heterocycles. The normalized spacial score (nSPS) is 29.6. The molecule has 2 N–H and O–H groups in total. The monoisotopic (exact) mass is 281 g/mol. The summed E-state index contributed by atoms with van der Waals surface area (Å²) in [6, 6.07) is 0. The van der Waals surface area contributed by atoms with E-state index in [-0.39, 0.29) is 17.6 Å². The molecule has 1 aliphatic rings. The lowest BCUT2D eigenvalue weighted by Gasteiger charge is -2.47. The average molecular weight is 281 g/mol. The molecule has 0 saturated heterocycles. The smallest absolute Gasteiger partial charge is 0.240 e.